The van der Waals surface area contributed by atoms with Crippen LogP contribution >= 0.6 is 0 Å². The molecule has 4 aromatic carbocycles. The van der Waals surface area contributed by atoms with E-state index >= 15 is 0 Å². The van der Waals surface area contributed by atoms with Gasteiger partial charge in [-0.3, -0.25) is 0 Å². The SMILES string of the molecule is Cc1cc(C)cc(-c2cc(-c3cc(C)cc(C)c3)cc(-c3cc(C)cc(C)c3)c2)c1.[F][Zr]([F])([F])[F].[KH]. The van der Waals surface area contributed by atoms with E-state index in [2.05, 4.69) is 114 Å². The first-order valence-corrected chi connectivity index (χ1v) is 15.2. The van der Waals surface area contributed by atoms with Gasteiger partial charge in [0.25, 0.3) is 0 Å². The molecule has 0 heterocycles. The predicted molar refractivity (Wildman–Crippen MR) is 143 cm³/mol. The van der Waals surface area contributed by atoms with Crippen molar-refractivity contribution in [1.82, 2.24) is 0 Å². The second kappa shape index (κ2) is 13.3. The van der Waals surface area contributed by atoms with Crippen molar-refractivity contribution in [2.45, 2.75) is 41.5 Å². The normalized spacial score (nSPS) is 10.8. The first-order valence-electron chi connectivity index (χ1n) is 11.4. The third-order valence-electron chi connectivity index (χ3n) is 5.60. The molecule has 6 heteroatoms. The predicted octanol–water partition coefficient (Wildman–Crippen LogP) is 9.57. The van der Waals surface area contributed by atoms with Gasteiger partial charge in [-0.2, -0.15) is 0 Å². The zero-order chi connectivity index (χ0) is 25.9. The number of rotatable bonds is 3. The van der Waals surface area contributed by atoms with Gasteiger partial charge in [0.05, 0.1) is 0 Å². The summed E-state index contributed by atoms with van der Waals surface area (Å²) in [6, 6.07) is 27.5. The van der Waals surface area contributed by atoms with E-state index in [1.54, 1.807) is 0 Å². The van der Waals surface area contributed by atoms with Crippen LogP contribution in [-0.4, -0.2) is 51.4 Å². The Kier molecular flexibility index (Phi) is 11.5. The van der Waals surface area contributed by atoms with Crippen LogP contribution < -0.4 is 0 Å². The van der Waals surface area contributed by atoms with Gasteiger partial charge in [-0.15, -0.1) is 0 Å². The Balaban J connectivity index is 0.000000694. The summed E-state index contributed by atoms with van der Waals surface area (Å²) in [7, 11) is 0. The van der Waals surface area contributed by atoms with E-state index in [0.717, 1.165) is 0 Å². The molecule has 0 aliphatic carbocycles. The van der Waals surface area contributed by atoms with E-state index in [0.29, 0.717) is 0 Å². The zero-order valence-electron chi connectivity index (χ0n) is 20.9. The summed E-state index contributed by atoms with van der Waals surface area (Å²) in [5.41, 5.74) is 15.5. The third kappa shape index (κ3) is 9.78. The summed E-state index contributed by atoms with van der Waals surface area (Å²) >= 11 is -7.18. The van der Waals surface area contributed by atoms with E-state index in [9.17, 15) is 10.5 Å². The topological polar surface area (TPSA) is 0 Å². The van der Waals surface area contributed by atoms with Crippen molar-refractivity contribution in [1.29, 1.82) is 0 Å². The van der Waals surface area contributed by atoms with Crippen molar-refractivity contribution in [2.75, 3.05) is 0 Å². The van der Waals surface area contributed by atoms with Gasteiger partial charge in [-0.1, -0.05) is 88.0 Å². The molecule has 0 nitrogen and oxygen atoms in total. The monoisotopic (exact) mass is 596 g/mol. The van der Waals surface area contributed by atoms with E-state index in [1.807, 2.05) is 0 Å². The maximum atomic E-state index is 9.90. The van der Waals surface area contributed by atoms with Gasteiger partial charge in [-0.05, 0) is 93.1 Å². The number of hydrogen-bond donors (Lipinski definition) is 0. The zero-order valence-corrected chi connectivity index (χ0v) is 23.4. The molecule has 0 amide bonds. The summed E-state index contributed by atoms with van der Waals surface area (Å²) in [5, 5.41) is 0. The van der Waals surface area contributed by atoms with Crippen molar-refractivity contribution in [2.24, 2.45) is 0 Å². The van der Waals surface area contributed by atoms with Gasteiger partial charge in [0.1, 0.15) is 0 Å². The molecule has 36 heavy (non-hydrogen) atoms. The molecule has 4 rings (SSSR count). The molecule has 0 spiro atoms. The molecule has 4 aromatic rings. The van der Waals surface area contributed by atoms with Crippen molar-refractivity contribution in [3.63, 3.8) is 0 Å². The average Bonchev–Trinajstić information content (AvgIpc) is 2.70. The fourth-order valence-corrected chi connectivity index (χ4v) is 4.55. The second-order valence-electron chi connectivity index (χ2n) is 9.36. The van der Waals surface area contributed by atoms with Gasteiger partial charge in [0.2, 0.25) is 0 Å². The number of benzene rings is 4. The first-order chi connectivity index (χ1) is 16.3. The summed E-state index contributed by atoms with van der Waals surface area (Å²) in [4.78, 5) is 0. The molecule has 184 valence electrons. The van der Waals surface area contributed by atoms with Gasteiger partial charge in [0.15, 0.2) is 0 Å². The van der Waals surface area contributed by atoms with Gasteiger partial charge in [0, 0.05) is 0 Å². The Morgan fingerprint density at radius 1 is 0.333 bits per heavy atom. The molecule has 0 unspecified atom stereocenters. The Morgan fingerprint density at radius 2 is 0.472 bits per heavy atom. The number of halogens is 4. The van der Waals surface area contributed by atoms with Crippen LogP contribution in [0.1, 0.15) is 33.4 Å². The molecule has 0 bridgehead atoms. The molecule has 0 aliphatic rings. The molecular formula is C30H31F4KZr. The van der Waals surface area contributed by atoms with Crippen LogP contribution in [0.25, 0.3) is 33.4 Å². The minimum atomic E-state index is -7.18. The van der Waals surface area contributed by atoms with Crippen LogP contribution in [-0.2, 0) is 22.7 Å². The van der Waals surface area contributed by atoms with Crippen LogP contribution in [0.3, 0.4) is 0 Å². The molecule has 0 saturated heterocycles. The van der Waals surface area contributed by atoms with E-state index < -0.39 is 22.7 Å². The Labute approximate surface area is 262 Å². The minimum absolute atomic E-state index is 0. The van der Waals surface area contributed by atoms with E-state index in [4.69, 9.17) is 0 Å². The molecule has 0 aromatic heterocycles. The third-order valence-corrected chi connectivity index (χ3v) is 5.60. The quantitative estimate of drug-likeness (QED) is 0.163. The summed E-state index contributed by atoms with van der Waals surface area (Å²) in [5.74, 6) is 0. The van der Waals surface area contributed by atoms with Crippen LogP contribution in [0.2, 0.25) is 0 Å². The maximum absolute atomic E-state index is 9.90. The van der Waals surface area contributed by atoms with Crippen LogP contribution in [0.5, 0.6) is 0 Å². The molecule has 0 saturated carbocycles. The standard InChI is InChI=1S/C30H30.4FH.K.Zr.H/c1-19-7-20(2)11-25(10-19)28-16-29(26-12-21(3)8-22(4)13-26)18-30(17-28)27-14-23(5)9-24(6)15-27;;;;;;;/h7-18H,1-6H3;4*1H;;;/q;;;;;;+4;/p-4. The molecule has 0 aliphatic heterocycles. The summed E-state index contributed by atoms with van der Waals surface area (Å²) in [6.07, 6.45) is 0. The molecule has 0 N–H and O–H groups in total. The fraction of sp³-hybridized carbons (Fsp3) is 0.200. The number of aryl methyl sites for hydroxylation is 6. The number of hydrogen-bond acceptors (Lipinski definition) is 0. The van der Waals surface area contributed by atoms with Crippen LogP contribution in [0, 0.1) is 41.5 Å². The van der Waals surface area contributed by atoms with Gasteiger partial charge < -0.3 is 0 Å². The molecular weight excluding hydrogens is 567 g/mol. The molecule has 0 radical (unpaired) electrons. The Bertz CT molecular complexity index is 1120. The summed E-state index contributed by atoms with van der Waals surface area (Å²) < 4.78 is 39.6. The van der Waals surface area contributed by atoms with Gasteiger partial charge in [-0.25, -0.2) is 0 Å². The van der Waals surface area contributed by atoms with Crippen molar-refractivity contribution in [3.8, 4) is 33.4 Å². The van der Waals surface area contributed by atoms with Crippen molar-refractivity contribution >= 4 is 51.4 Å². The van der Waals surface area contributed by atoms with E-state index in [-0.39, 0.29) is 51.4 Å². The second-order valence-corrected chi connectivity index (χ2v) is 11.5. The Morgan fingerprint density at radius 3 is 0.639 bits per heavy atom. The Hall–Kier alpha value is -0.881. The van der Waals surface area contributed by atoms with Crippen molar-refractivity contribution in [3.05, 3.63) is 106 Å². The molecule has 0 atom stereocenters. The van der Waals surface area contributed by atoms with Crippen LogP contribution in [0.15, 0.2) is 72.8 Å². The fourth-order valence-electron chi connectivity index (χ4n) is 4.55. The van der Waals surface area contributed by atoms with Gasteiger partial charge >= 0.3 is 84.6 Å². The van der Waals surface area contributed by atoms with E-state index in [1.165, 1.54) is 66.8 Å². The first kappa shape index (κ1) is 31.3. The summed E-state index contributed by atoms with van der Waals surface area (Å²) in [6.45, 7) is 13.1. The molecule has 0 fully saturated rings. The average molecular weight is 598 g/mol. The van der Waals surface area contributed by atoms with Crippen LogP contribution in [0.4, 0.5) is 10.5 Å². The van der Waals surface area contributed by atoms with Crippen molar-refractivity contribution < 1.29 is 33.2 Å².